The Bertz CT molecular complexity index is 311. The zero-order valence-electron chi connectivity index (χ0n) is 11.2. The molecule has 0 aliphatic heterocycles. The first-order valence-electron chi connectivity index (χ1n) is 6.60. The largest absolute Gasteiger partial charge is 0.327 e. The van der Waals surface area contributed by atoms with E-state index in [4.69, 9.17) is 5.73 Å². The van der Waals surface area contributed by atoms with E-state index in [0.29, 0.717) is 6.04 Å². The summed E-state index contributed by atoms with van der Waals surface area (Å²) in [6.07, 6.45) is 6.59. The van der Waals surface area contributed by atoms with Gasteiger partial charge in [0.15, 0.2) is 0 Å². The smallest absolute Gasteiger partial charge is 0.109 e. The van der Waals surface area contributed by atoms with Crippen LogP contribution in [0, 0.1) is 0 Å². The molecule has 0 bridgehead atoms. The van der Waals surface area contributed by atoms with Crippen LogP contribution in [0.15, 0.2) is 6.20 Å². The average Bonchev–Trinajstić information content (AvgIpc) is 2.82. The van der Waals surface area contributed by atoms with Crippen molar-refractivity contribution in [1.29, 1.82) is 0 Å². The molecular formula is C13H25N3S. The minimum absolute atomic E-state index is 0.267. The monoisotopic (exact) mass is 255 g/mol. The van der Waals surface area contributed by atoms with E-state index >= 15 is 0 Å². The molecule has 0 aliphatic rings. The number of hydrogen-bond donors (Lipinski definition) is 2. The van der Waals surface area contributed by atoms with Gasteiger partial charge in [-0.15, -0.1) is 11.3 Å². The molecule has 2 atom stereocenters. The van der Waals surface area contributed by atoms with E-state index in [0.717, 1.165) is 19.4 Å². The van der Waals surface area contributed by atoms with Crippen LogP contribution < -0.4 is 11.1 Å². The van der Waals surface area contributed by atoms with Gasteiger partial charge >= 0.3 is 0 Å². The van der Waals surface area contributed by atoms with E-state index in [1.54, 1.807) is 11.3 Å². The van der Waals surface area contributed by atoms with Crippen molar-refractivity contribution in [2.45, 2.75) is 58.5 Å². The van der Waals surface area contributed by atoms with Crippen molar-refractivity contribution >= 4 is 11.3 Å². The molecule has 2 unspecified atom stereocenters. The molecule has 0 fully saturated rings. The molecule has 4 heteroatoms. The molecule has 0 saturated heterocycles. The molecule has 3 N–H and O–H groups in total. The van der Waals surface area contributed by atoms with Crippen molar-refractivity contribution in [3.05, 3.63) is 16.1 Å². The average molecular weight is 255 g/mol. The molecule has 17 heavy (non-hydrogen) atoms. The topological polar surface area (TPSA) is 50.9 Å². The first-order valence-corrected chi connectivity index (χ1v) is 7.42. The highest BCUT2D eigenvalue weighted by atomic mass is 32.1. The predicted octanol–water partition coefficient (Wildman–Crippen LogP) is 2.87. The van der Waals surface area contributed by atoms with Gasteiger partial charge in [0.25, 0.3) is 0 Å². The fraction of sp³-hybridized carbons (Fsp3) is 0.769. The van der Waals surface area contributed by atoms with E-state index < -0.39 is 0 Å². The fourth-order valence-electron chi connectivity index (χ4n) is 1.67. The number of nitrogens with zero attached hydrogens (tertiary/aromatic N) is 1. The van der Waals surface area contributed by atoms with E-state index in [9.17, 15) is 0 Å². The molecule has 1 heterocycles. The lowest BCUT2D eigenvalue weighted by molar-refractivity contribution is 0.484. The second kappa shape index (κ2) is 7.80. The molecule has 0 saturated carbocycles. The molecule has 0 amide bonds. The minimum Gasteiger partial charge on any atom is -0.327 e. The highest BCUT2D eigenvalue weighted by molar-refractivity contribution is 7.11. The maximum absolute atomic E-state index is 6.04. The summed E-state index contributed by atoms with van der Waals surface area (Å²) in [5.74, 6) is 0. The lowest BCUT2D eigenvalue weighted by Gasteiger charge is -2.15. The van der Waals surface area contributed by atoms with Gasteiger partial charge in [-0.05, 0) is 19.8 Å². The van der Waals surface area contributed by atoms with E-state index in [1.165, 1.54) is 22.7 Å². The highest BCUT2D eigenvalue weighted by Gasteiger charge is 2.11. The van der Waals surface area contributed by atoms with Gasteiger partial charge in [-0.2, -0.15) is 0 Å². The number of unbranched alkanes of at least 4 members (excludes halogenated alkanes) is 1. The number of thiazole rings is 1. The van der Waals surface area contributed by atoms with Crippen LogP contribution in [0.25, 0.3) is 0 Å². The fourth-order valence-corrected chi connectivity index (χ4v) is 2.55. The quantitative estimate of drug-likeness (QED) is 0.751. The summed E-state index contributed by atoms with van der Waals surface area (Å²) in [5, 5.41) is 4.64. The molecule has 3 nitrogen and oxygen atoms in total. The molecule has 1 aromatic heterocycles. The predicted molar refractivity (Wildman–Crippen MR) is 75.4 cm³/mol. The first-order chi connectivity index (χ1) is 8.17. The zero-order valence-corrected chi connectivity index (χ0v) is 12.0. The molecule has 0 aromatic carbocycles. The Balaban J connectivity index is 2.31. The summed E-state index contributed by atoms with van der Waals surface area (Å²) in [6.45, 7) is 7.40. The van der Waals surface area contributed by atoms with Gasteiger partial charge in [0.1, 0.15) is 5.01 Å². The molecule has 98 valence electrons. The van der Waals surface area contributed by atoms with Crippen molar-refractivity contribution in [2.24, 2.45) is 5.73 Å². The lowest BCUT2D eigenvalue weighted by atomic mass is 10.1. The van der Waals surface area contributed by atoms with Crippen LogP contribution in [0.5, 0.6) is 0 Å². The SMILES string of the molecule is CCCCC(N)CNC(C)c1ncc(CC)s1. The van der Waals surface area contributed by atoms with Gasteiger partial charge in [0.2, 0.25) is 0 Å². The van der Waals surface area contributed by atoms with Crippen LogP contribution in [0.1, 0.15) is 56.0 Å². The summed E-state index contributed by atoms with van der Waals surface area (Å²) >= 11 is 1.80. The van der Waals surface area contributed by atoms with Crippen LogP contribution >= 0.6 is 11.3 Å². The van der Waals surface area contributed by atoms with Gasteiger partial charge in [0.05, 0.1) is 6.04 Å². The third kappa shape index (κ3) is 5.15. The Morgan fingerprint density at radius 2 is 2.24 bits per heavy atom. The summed E-state index contributed by atoms with van der Waals surface area (Å²) < 4.78 is 0. The third-order valence-electron chi connectivity index (χ3n) is 2.91. The normalized spacial score (nSPS) is 14.8. The third-order valence-corrected chi connectivity index (χ3v) is 4.23. The standard InChI is InChI=1S/C13H25N3S/c1-4-6-7-11(14)8-15-10(3)13-16-9-12(5-2)17-13/h9-11,15H,4-8,14H2,1-3H3. The van der Waals surface area contributed by atoms with Crippen molar-refractivity contribution in [3.8, 4) is 0 Å². The molecule has 0 aliphatic carbocycles. The summed E-state index contributed by atoms with van der Waals surface area (Å²) in [5.41, 5.74) is 6.04. The maximum Gasteiger partial charge on any atom is 0.109 e. The van der Waals surface area contributed by atoms with E-state index in [1.807, 2.05) is 6.20 Å². The van der Waals surface area contributed by atoms with Gasteiger partial charge in [0, 0.05) is 23.7 Å². The zero-order chi connectivity index (χ0) is 12.7. The van der Waals surface area contributed by atoms with Crippen LogP contribution in [-0.2, 0) is 6.42 Å². The molecule has 1 aromatic rings. The summed E-state index contributed by atoms with van der Waals surface area (Å²) in [4.78, 5) is 5.79. The van der Waals surface area contributed by atoms with Crippen molar-refractivity contribution in [3.63, 3.8) is 0 Å². The van der Waals surface area contributed by atoms with E-state index in [-0.39, 0.29) is 6.04 Å². The van der Waals surface area contributed by atoms with E-state index in [2.05, 4.69) is 31.1 Å². The maximum atomic E-state index is 6.04. The van der Waals surface area contributed by atoms with Crippen LogP contribution in [0.2, 0.25) is 0 Å². The first kappa shape index (κ1) is 14.6. The van der Waals surface area contributed by atoms with Crippen LogP contribution in [0.4, 0.5) is 0 Å². The van der Waals surface area contributed by atoms with Gasteiger partial charge in [-0.3, -0.25) is 0 Å². The van der Waals surface area contributed by atoms with Crippen molar-refractivity contribution in [2.75, 3.05) is 6.54 Å². The molecule has 0 radical (unpaired) electrons. The second-order valence-corrected chi connectivity index (χ2v) is 5.70. The number of rotatable bonds is 8. The Labute approximate surface area is 109 Å². The summed E-state index contributed by atoms with van der Waals surface area (Å²) in [7, 11) is 0. The number of nitrogens with two attached hydrogens (primary N) is 1. The van der Waals surface area contributed by atoms with Gasteiger partial charge in [-0.25, -0.2) is 4.98 Å². The number of hydrogen-bond acceptors (Lipinski definition) is 4. The highest BCUT2D eigenvalue weighted by Crippen LogP contribution is 2.20. The molecule has 1 rings (SSSR count). The van der Waals surface area contributed by atoms with Gasteiger partial charge in [-0.1, -0.05) is 26.7 Å². The Morgan fingerprint density at radius 1 is 1.47 bits per heavy atom. The van der Waals surface area contributed by atoms with Gasteiger partial charge < -0.3 is 11.1 Å². The minimum atomic E-state index is 0.267. The van der Waals surface area contributed by atoms with Crippen molar-refractivity contribution in [1.82, 2.24) is 10.3 Å². The number of nitrogens with one attached hydrogen (secondary N) is 1. The molecular weight excluding hydrogens is 230 g/mol. The number of aromatic nitrogens is 1. The Hall–Kier alpha value is -0.450. The van der Waals surface area contributed by atoms with Crippen molar-refractivity contribution < 1.29 is 0 Å². The van der Waals surface area contributed by atoms with Crippen LogP contribution in [-0.4, -0.2) is 17.6 Å². The summed E-state index contributed by atoms with van der Waals surface area (Å²) in [6, 6.07) is 0.580. The number of aryl methyl sites for hydroxylation is 1. The second-order valence-electron chi connectivity index (χ2n) is 4.55. The molecule has 0 spiro atoms. The Morgan fingerprint density at radius 3 is 2.82 bits per heavy atom. The lowest BCUT2D eigenvalue weighted by Crippen LogP contribution is -2.35. The Kier molecular flexibility index (Phi) is 6.70. The van der Waals surface area contributed by atoms with Crippen LogP contribution in [0.3, 0.4) is 0 Å².